The van der Waals surface area contributed by atoms with E-state index in [1.54, 1.807) is 0 Å². The molecule has 0 bridgehead atoms. The van der Waals surface area contributed by atoms with Crippen molar-refractivity contribution in [1.82, 2.24) is 13.9 Å². The van der Waals surface area contributed by atoms with Crippen LogP contribution in [-0.2, 0) is 10.2 Å². The van der Waals surface area contributed by atoms with Gasteiger partial charge in [-0.2, -0.15) is 12.7 Å². The van der Waals surface area contributed by atoms with E-state index >= 15 is 0 Å². The first-order chi connectivity index (χ1) is 8.47. The Morgan fingerprint density at radius 1 is 1.17 bits per heavy atom. The molecule has 0 aliphatic rings. The van der Waals surface area contributed by atoms with Crippen LogP contribution in [0.4, 0.5) is 0 Å². The van der Waals surface area contributed by atoms with Gasteiger partial charge in [0.25, 0.3) is 10.2 Å². The maximum absolute atomic E-state index is 11.8. The molecule has 0 heterocycles. The second-order valence-electron chi connectivity index (χ2n) is 4.23. The minimum atomic E-state index is -3.41. The fourth-order valence-corrected chi connectivity index (χ4v) is 2.54. The number of rotatable bonds is 11. The van der Waals surface area contributed by atoms with Crippen LogP contribution in [0, 0.1) is 0 Å². The third kappa shape index (κ3) is 7.27. The summed E-state index contributed by atoms with van der Waals surface area (Å²) in [5.41, 5.74) is 0. The van der Waals surface area contributed by atoms with E-state index in [-0.39, 0.29) is 6.61 Å². The van der Waals surface area contributed by atoms with E-state index in [1.165, 1.54) is 11.4 Å². The molecular weight excluding hydrogens is 254 g/mol. The molecule has 0 spiro atoms. The van der Waals surface area contributed by atoms with Crippen molar-refractivity contribution in [2.75, 3.05) is 46.4 Å². The van der Waals surface area contributed by atoms with Gasteiger partial charge in [0.2, 0.25) is 0 Å². The van der Waals surface area contributed by atoms with Gasteiger partial charge >= 0.3 is 0 Å². The van der Waals surface area contributed by atoms with Gasteiger partial charge in [0.15, 0.2) is 0 Å². The molecule has 2 N–H and O–H groups in total. The lowest BCUT2D eigenvalue weighted by molar-refractivity contribution is 0.274. The average molecular weight is 281 g/mol. The monoisotopic (exact) mass is 281 g/mol. The van der Waals surface area contributed by atoms with Crippen molar-refractivity contribution >= 4 is 10.2 Å². The summed E-state index contributed by atoms with van der Waals surface area (Å²) in [5, 5.41) is 8.67. The Hall–Kier alpha value is -0.210. The molecule has 7 heteroatoms. The van der Waals surface area contributed by atoms with Crippen molar-refractivity contribution < 1.29 is 13.5 Å². The summed E-state index contributed by atoms with van der Waals surface area (Å²) in [5.74, 6) is 0. The number of nitrogens with zero attached hydrogens (tertiary/aromatic N) is 2. The lowest BCUT2D eigenvalue weighted by Gasteiger charge is -2.21. The normalized spacial score (nSPS) is 12.6. The average Bonchev–Trinajstić information content (AvgIpc) is 2.34. The highest BCUT2D eigenvalue weighted by atomic mass is 32.2. The number of nitrogens with one attached hydrogen (secondary N) is 1. The van der Waals surface area contributed by atoms with E-state index in [2.05, 4.69) is 23.5 Å². The van der Waals surface area contributed by atoms with Crippen LogP contribution in [0.1, 0.15) is 26.7 Å². The van der Waals surface area contributed by atoms with Crippen molar-refractivity contribution in [3.8, 4) is 0 Å². The number of aliphatic hydroxyl groups is 1. The van der Waals surface area contributed by atoms with E-state index in [1.807, 2.05) is 0 Å². The minimum absolute atomic E-state index is 0.0000273. The highest BCUT2D eigenvalue weighted by Gasteiger charge is 2.16. The Morgan fingerprint density at radius 2 is 1.83 bits per heavy atom. The van der Waals surface area contributed by atoms with Crippen LogP contribution in [0.5, 0.6) is 0 Å². The van der Waals surface area contributed by atoms with E-state index in [4.69, 9.17) is 5.11 Å². The third-order valence-electron chi connectivity index (χ3n) is 2.74. The van der Waals surface area contributed by atoms with Gasteiger partial charge in [-0.1, -0.05) is 13.8 Å². The Kier molecular flexibility index (Phi) is 9.57. The van der Waals surface area contributed by atoms with E-state index < -0.39 is 10.2 Å². The lowest BCUT2D eigenvalue weighted by atomic mass is 10.4. The van der Waals surface area contributed by atoms with Crippen molar-refractivity contribution in [3.05, 3.63) is 0 Å². The van der Waals surface area contributed by atoms with Gasteiger partial charge in [-0.05, 0) is 25.9 Å². The molecule has 0 aromatic rings. The number of hydrogen-bond donors (Lipinski definition) is 2. The summed E-state index contributed by atoms with van der Waals surface area (Å²) in [6.07, 6.45) is 1.52. The first-order valence-electron chi connectivity index (χ1n) is 6.52. The Bertz CT molecular complexity index is 296. The molecule has 0 aromatic heterocycles. The van der Waals surface area contributed by atoms with Crippen molar-refractivity contribution in [2.45, 2.75) is 26.7 Å². The number of hydrogen-bond acceptors (Lipinski definition) is 4. The second kappa shape index (κ2) is 9.69. The van der Waals surface area contributed by atoms with E-state index in [0.717, 1.165) is 26.1 Å². The van der Waals surface area contributed by atoms with Crippen LogP contribution >= 0.6 is 0 Å². The van der Waals surface area contributed by atoms with Crippen LogP contribution in [-0.4, -0.2) is 69.1 Å². The predicted molar refractivity (Wildman–Crippen MR) is 73.7 cm³/mol. The van der Waals surface area contributed by atoms with E-state index in [0.29, 0.717) is 19.5 Å². The maximum Gasteiger partial charge on any atom is 0.279 e. The summed E-state index contributed by atoms with van der Waals surface area (Å²) < 4.78 is 27.4. The van der Waals surface area contributed by atoms with Gasteiger partial charge in [-0.15, -0.1) is 0 Å². The second-order valence-corrected chi connectivity index (χ2v) is 6.09. The summed E-state index contributed by atoms with van der Waals surface area (Å²) >= 11 is 0. The largest absolute Gasteiger partial charge is 0.396 e. The third-order valence-corrected chi connectivity index (χ3v) is 4.31. The van der Waals surface area contributed by atoms with Crippen LogP contribution in [0.2, 0.25) is 0 Å². The highest BCUT2D eigenvalue weighted by molar-refractivity contribution is 7.87. The molecule has 110 valence electrons. The summed E-state index contributed by atoms with van der Waals surface area (Å²) in [6, 6.07) is 0. The number of likely N-dealkylation sites (N-methyl/N-ethyl adjacent to an activating group) is 1. The Morgan fingerprint density at radius 3 is 2.33 bits per heavy atom. The number of aliphatic hydroxyl groups excluding tert-OH is 1. The fraction of sp³-hybridized carbons (Fsp3) is 1.00. The molecule has 0 saturated heterocycles. The van der Waals surface area contributed by atoms with Crippen LogP contribution in [0.15, 0.2) is 0 Å². The Labute approximate surface area is 111 Å². The highest BCUT2D eigenvalue weighted by Crippen LogP contribution is 1.96. The van der Waals surface area contributed by atoms with Gasteiger partial charge in [0.05, 0.1) is 0 Å². The zero-order valence-electron chi connectivity index (χ0n) is 11.7. The zero-order chi connectivity index (χ0) is 14.0. The minimum Gasteiger partial charge on any atom is -0.396 e. The molecule has 0 atom stereocenters. The molecule has 0 saturated carbocycles. The molecule has 0 aliphatic heterocycles. The standard InChI is InChI=1S/C11H27N3O3S/c1-4-8-14(5-2)10-7-12-18(16,17)13(3)9-6-11-15/h12,15H,4-11H2,1-3H3. The molecule has 6 nitrogen and oxygen atoms in total. The topological polar surface area (TPSA) is 72.9 Å². The first kappa shape index (κ1) is 17.8. The van der Waals surface area contributed by atoms with Crippen molar-refractivity contribution in [3.63, 3.8) is 0 Å². The summed E-state index contributed by atoms with van der Waals surface area (Å²) in [7, 11) is -1.89. The zero-order valence-corrected chi connectivity index (χ0v) is 12.5. The SMILES string of the molecule is CCCN(CC)CCNS(=O)(=O)N(C)CCCO. The Balaban J connectivity index is 4.02. The molecule has 0 fully saturated rings. The van der Waals surface area contributed by atoms with Crippen molar-refractivity contribution in [2.24, 2.45) is 0 Å². The molecule has 18 heavy (non-hydrogen) atoms. The molecule has 0 aromatic carbocycles. The van der Waals surface area contributed by atoms with Gasteiger partial charge in [0, 0.05) is 33.3 Å². The molecule has 0 radical (unpaired) electrons. The smallest absolute Gasteiger partial charge is 0.279 e. The molecule has 0 rings (SSSR count). The molecular formula is C11H27N3O3S. The van der Waals surface area contributed by atoms with Gasteiger partial charge in [-0.25, -0.2) is 4.72 Å². The van der Waals surface area contributed by atoms with Gasteiger partial charge in [0.1, 0.15) is 0 Å². The summed E-state index contributed by atoms with van der Waals surface area (Å²) in [4.78, 5) is 2.20. The molecule has 0 amide bonds. The maximum atomic E-state index is 11.8. The van der Waals surface area contributed by atoms with Crippen LogP contribution in [0.3, 0.4) is 0 Å². The first-order valence-corrected chi connectivity index (χ1v) is 7.96. The lowest BCUT2D eigenvalue weighted by Crippen LogP contribution is -2.42. The predicted octanol–water partition coefficient (Wildman–Crippen LogP) is -0.133. The van der Waals surface area contributed by atoms with Gasteiger partial charge in [-0.3, -0.25) is 0 Å². The van der Waals surface area contributed by atoms with E-state index in [9.17, 15) is 8.42 Å². The van der Waals surface area contributed by atoms with Crippen molar-refractivity contribution in [1.29, 1.82) is 0 Å². The molecule has 0 unspecified atom stereocenters. The van der Waals surface area contributed by atoms with Crippen LogP contribution in [0.25, 0.3) is 0 Å². The summed E-state index contributed by atoms with van der Waals surface area (Å²) in [6.45, 7) is 7.55. The fourth-order valence-electron chi connectivity index (χ4n) is 1.60. The van der Waals surface area contributed by atoms with Gasteiger partial charge < -0.3 is 10.0 Å². The quantitative estimate of drug-likeness (QED) is 0.553. The molecule has 0 aliphatic carbocycles. The van der Waals surface area contributed by atoms with Crippen LogP contribution < -0.4 is 4.72 Å².